The fourth-order valence-electron chi connectivity index (χ4n) is 7.25. The molecule has 0 aliphatic carbocycles. The molecule has 9 heteroatoms. The summed E-state index contributed by atoms with van der Waals surface area (Å²) in [7, 11) is 0. The van der Waals surface area contributed by atoms with Crippen LogP contribution in [-0.2, 0) is 14.3 Å². The van der Waals surface area contributed by atoms with Crippen molar-refractivity contribution in [2.45, 2.75) is 224 Å². The van der Waals surface area contributed by atoms with Crippen molar-refractivity contribution in [1.82, 2.24) is 5.32 Å². The highest BCUT2D eigenvalue weighted by Crippen LogP contribution is 2.22. The number of amides is 1. The Morgan fingerprint density at radius 1 is 0.538 bits per heavy atom. The first-order valence-electron chi connectivity index (χ1n) is 25.6. The highest BCUT2D eigenvalue weighted by Gasteiger charge is 2.44. The molecule has 1 amide bonds. The van der Waals surface area contributed by atoms with E-state index in [0.29, 0.717) is 12.8 Å². The van der Waals surface area contributed by atoms with Gasteiger partial charge in [0.05, 0.1) is 25.4 Å². The van der Waals surface area contributed by atoms with Gasteiger partial charge in [-0.05, 0) is 96.3 Å². The number of hydrogen-bond acceptors (Lipinski definition) is 8. The van der Waals surface area contributed by atoms with Crippen LogP contribution in [0.3, 0.4) is 0 Å². The molecule has 65 heavy (non-hydrogen) atoms. The molecule has 7 atom stereocenters. The SMILES string of the molecule is CC/C=C\C/C=C\C/C=C\C/C=C\C/C=C\C/C=C\CCCCCCC(=O)NC(COC1OC(CO)C(O)C(O)C1O)C(O)/C=C/CC/C=C/CC/C=C/CCCCCCCCCCC. The lowest BCUT2D eigenvalue weighted by Crippen LogP contribution is -2.60. The summed E-state index contributed by atoms with van der Waals surface area (Å²) < 4.78 is 11.2. The van der Waals surface area contributed by atoms with Gasteiger partial charge < -0.3 is 40.3 Å². The van der Waals surface area contributed by atoms with E-state index in [2.05, 4.69) is 116 Å². The second-order valence-corrected chi connectivity index (χ2v) is 17.2. The second-order valence-electron chi connectivity index (χ2n) is 17.2. The summed E-state index contributed by atoms with van der Waals surface area (Å²) >= 11 is 0. The van der Waals surface area contributed by atoms with E-state index in [-0.39, 0.29) is 12.5 Å². The summed E-state index contributed by atoms with van der Waals surface area (Å²) in [4.78, 5) is 13.0. The number of hydrogen-bond donors (Lipinski definition) is 6. The molecule has 1 rings (SSSR count). The minimum absolute atomic E-state index is 0.220. The van der Waals surface area contributed by atoms with Crippen molar-refractivity contribution in [2.24, 2.45) is 0 Å². The molecular weight excluding hydrogens is 815 g/mol. The summed E-state index contributed by atoms with van der Waals surface area (Å²) in [5.74, 6) is -0.220. The molecule has 0 bridgehead atoms. The van der Waals surface area contributed by atoms with Crippen LogP contribution in [-0.4, -0.2) is 87.5 Å². The predicted octanol–water partition coefficient (Wildman–Crippen LogP) is 11.8. The lowest BCUT2D eigenvalue weighted by Gasteiger charge is -2.40. The average Bonchev–Trinajstić information content (AvgIpc) is 3.31. The Bertz CT molecular complexity index is 1380. The van der Waals surface area contributed by atoms with Gasteiger partial charge in [-0.15, -0.1) is 0 Å². The van der Waals surface area contributed by atoms with Crippen molar-refractivity contribution >= 4 is 5.91 Å². The lowest BCUT2D eigenvalue weighted by atomic mass is 9.99. The van der Waals surface area contributed by atoms with E-state index in [1.54, 1.807) is 6.08 Å². The highest BCUT2D eigenvalue weighted by molar-refractivity contribution is 5.76. The van der Waals surface area contributed by atoms with Gasteiger partial charge in [0.25, 0.3) is 0 Å². The van der Waals surface area contributed by atoms with Gasteiger partial charge in [0.1, 0.15) is 24.4 Å². The van der Waals surface area contributed by atoms with E-state index in [4.69, 9.17) is 9.47 Å². The quantitative estimate of drug-likeness (QED) is 0.0262. The number of rotatable bonds is 41. The van der Waals surface area contributed by atoms with E-state index >= 15 is 0 Å². The van der Waals surface area contributed by atoms with Crippen LogP contribution in [0.2, 0.25) is 0 Å². The van der Waals surface area contributed by atoms with Crippen LogP contribution in [0.5, 0.6) is 0 Å². The molecule has 370 valence electrons. The van der Waals surface area contributed by atoms with Crippen LogP contribution in [0.1, 0.15) is 181 Å². The molecule has 6 N–H and O–H groups in total. The Kier molecular flexibility index (Phi) is 41.1. The van der Waals surface area contributed by atoms with E-state index in [0.717, 1.165) is 96.3 Å². The van der Waals surface area contributed by atoms with Crippen LogP contribution in [0.4, 0.5) is 0 Å². The predicted molar refractivity (Wildman–Crippen MR) is 271 cm³/mol. The molecule has 1 aliphatic rings. The van der Waals surface area contributed by atoms with E-state index < -0.39 is 49.5 Å². The zero-order chi connectivity index (χ0) is 47.3. The minimum Gasteiger partial charge on any atom is -0.394 e. The number of carbonyl (C=O) groups is 1. The maximum Gasteiger partial charge on any atom is 0.220 e. The molecule has 0 aromatic heterocycles. The first-order valence-corrected chi connectivity index (χ1v) is 25.6. The fourth-order valence-corrected chi connectivity index (χ4v) is 7.25. The van der Waals surface area contributed by atoms with Gasteiger partial charge in [0, 0.05) is 6.42 Å². The first kappa shape index (κ1) is 59.9. The number of ether oxygens (including phenoxy) is 2. The third-order valence-corrected chi connectivity index (χ3v) is 11.3. The molecule has 0 saturated carbocycles. The molecule has 0 radical (unpaired) electrons. The smallest absolute Gasteiger partial charge is 0.220 e. The molecule has 1 fully saturated rings. The Balaban J connectivity index is 2.38. The number of allylic oxidation sites excluding steroid dienone is 17. The Hall–Kier alpha value is -3.15. The van der Waals surface area contributed by atoms with Crippen LogP contribution in [0, 0.1) is 0 Å². The van der Waals surface area contributed by atoms with Gasteiger partial charge in [-0.25, -0.2) is 0 Å². The Morgan fingerprint density at radius 3 is 1.48 bits per heavy atom. The number of aliphatic hydroxyl groups is 5. The van der Waals surface area contributed by atoms with Gasteiger partial charge in [-0.3, -0.25) is 4.79 Å². The lowest BCUT2D eigenvalue weighted by molar-refractivity contribution is -0.302. The van der Waals surface area contributed by atoms with Gasteiger partial charge in [0.15, 0.2) is 6.29 Å². The zero-order valence-corrected chi connectivity index (χ0v) is 40.7. The van der Waals surface area contributed by atoms with Crippen molar-refractivity contribution in [3.05, 3.63) is 109 Å². The largest absolute Gasteiger partial charge is 0.394 e. The molecule has 9 nitrogen and oxygen atoms in total. The topological polar surface area (TPSA) is 149 Å². The zero-order valence-electron chi connectivity index (χ0n) is 40.7. The molecule has 0 aromatic rings. The van der Waals surface area contributed by atoms with Crippen LogP contribution >= 0.6 is 0 Å². The highest BCUT2D eigenvalue weighted by atomic mass is 16.7. The van der Waals surface area contributed by atoms with Crippen LogP contribution in [0.15, 0.2) is 109 Å². The van der Waals surface area contributed by atoms with E-state index in [9.17, 15) is 30.3 Å². The maximum atomic E-state index is 13.0. The van der Waals surface area contributed by atoms with E-state index in [1.807, 2.05) is 6.08 Å². The maximum absolute atomic E-state index is 13.0. The molecule has 0 aromatic carbocycles. The van der Waals surface area contributed by atoms with Crippen molar-refractivity contribution in [3.63, 3.8) is 0 Å². The van der Waals surface area contributed by atoms with Crippen molar-refractivity contribution in [1.29, 1.82) is 0 Å². The molecule has 1 heterocycles. The molecule has 0 spiro atoms. The molecule has 7 unspecified atom stereocenters. The normalized spacial score (nSPS) is 20.9. The third-order valence-electron chi connectivity index (χ3n) is 11.3. The second kappa shape index (κ2) is 44.7. The van der Waals surface area contributed by atoms with E-state index in [1.165, 1.54) is 57.8 Å². The minimum atomic E-state index is -1.59. The number of nitrogens with one attached hydrogen (secondary N) is 1. The summed E-state index contributed by atoms with van der Waals surface area (Å²) in [6.45, 7) is 3.61. The summed E-state index contributed by atoms with van der Waals surface area (Å²) in [5, 5.41) is 54.3. The van der Waals surface area contributed by atoms with Gasteiger partial charge >= 0.3 is 0 Å². The molecular formula is C56H93NO8. The van der Waals surface area contributed by atoms with Crippen LogP contribution in [0.25, 0.3) is 0 Å². The number of carbonyl (C=O) groups excluding carboxylic acids is 1. The van der Waals surface area contributed by atoms with Crippen molar-refractivity contribution < 1.29 is 39.8 Å². The summed E-state index contributed by atoms with van der Waals surface area (Å²) in [6, 6.07) is -0.850. The fraction of sp³-hybridized carbons (Fsp3) is 0.661. The molecule has 1 aliphatic heterocycles. The van der Waals surface area contributed by atoms with Crippen LogP contribution < -0.4 is 5.32 Å². The molecule has 1 saturated heterocycles. The monoisotopic (exact) mass is 908 g/mol. The van der Waals surface area contributed by atoms with Gasteiger partial charge in [0.2, 0.25) is 5.91 Å². The summed E-state index contributed by atoms with van der Waals surface area (Å²) in [6.07, 6.45) is 58.4. The van der Waals surface area contributed by atoms with Gasteiger partial charge in [-0.2, -0.15) is 0 Å². The Morgan fingerprint density at radius 2 is 0.969 bits per heavy atom. The number of unbranched alkanes of at least 4 members (excludes halogenated alkanes) is 15. The van der Waals surface area contributed by atoms with Gasteiger partial charge in [-0.1, -0.05) is 187 Å². The summed E-state index contributed by atoms with van der Waals surface area (Å²) in [5.41, 5.74) is 0. The van der Waals surface area contributed by atoms with Crippen molar-refractivity contribution in [3.8, 4) is 0 Å². The Labute approximate surface area is 396 Å². The van der Waals surface area contributed by atoms with Crippen molar-refractivity contribution in [2.75, 3.05) is 13.2 Å². The first-order chi connectivity index (χ1) is 31.8. The number of aliphatic hydroxyl groups excluding tert-OH is 5. The standard InChI is InChI=1S/C56H93NO8/c1-3-5-7-9-11-13-15-17-19-21-23-24-25-26-28-30-32-34-36-38-40-42-44-46-52(60)57-49(48-64-56-55(63)54(62)53(61)51(47-58)65-56)50(59)45-43-41-39-37-35-33-31-29-27-22-20-18-16-14-12-10-8-6-4-2/h5,7,11,13,17,19,23-24,26-29,32,34-35,37,43,45,49-51,53-56,58-59,61-63H,3-4,6,8-10,12,14-16,18,20-22,25,30-31,33,36,38-42,44,46-48H2,1-2H3,(H,57,60)/b7-5-,13-11-,19-17-,24-23-,28-26-,29-27+,34-32-,37-35+,45-43+. The third kappa shape index (κ3) is 34.8. The average molecular weight is 908 g/mol.